The zero-order valence-corrected chi connectivity index (χ0v) is 12.0. The summed E-state index contributed by atoms with van der Waals surface area (Å²) < 4.78 is 0. The number of aryl methyl sites for hydroxylation is 1. The smallest absolute Gasteiger partial charge is 0.245 e. The summed E-state index contributed by atoms with van der Waals surface area (Å²) in [6.45, 7) is 5.43. The van der Waals surface area contributed by atoms with E-state index < -0.39 is 5.54 Å². The molecule has 0 radical (unpaired) electrons. The van der Waals surface area contributed by atoms with Gasteiger partial charge in [0, 0.05) is 6.42 Å². The lowest BCUT2D eigenvalue weighted by atomic mass is 10.1. The first kappa shape index (κ1) is 16.3. The molecule has 1 amide bonds. The molecule has 0 aliphatic carbocycles. The van der Waals surface area contributed by atoms with E-state index >= 15 is 0 Å². The first-order valence-electron chi connectivity index (χ1n) is 5.36. The Hall–Kier alpha value is -0.720. The summed E-state index contributed by atoms with van der Waals surface area (Å²) in [5.41, 5.74) is 4.76. The van der Waals surface area contributed by atoms with Crippen LogP contribution in [0.5, 0.6) is 0 Å². The fraction of sp³-hybridized carbons (Fsp3) is 0.700. The van der Waals surface area contributed by atoms with E-state index in [1.807, 2.05) is 0 Å². The lowest BCUT2D eigenvalue weighted by Crippen LogP contribution is -2.45. The van der Waals surface area contributed by atoms with Gasteiger partial charge >= 0.3 is 0 Å². The van der Waals surface area contributed by atoms with Crippen molar-refractivity contribution in [3.8, 4) is 0 Å². The molecule has 3 N–H and O–H groups in total. The average Bonchev–Trinajstić information content (AvgIpc) is 2.61. The minimum absolute atomic E-state index is 0. The van der Waals surface area contributed by atoms with Crippen LogP contribution in [0.2, 0.25) is 0 Å². The molecule has 0 saturated carbocycles. The van der Waals surface area contributed by atoms with Gasteiger partial charge in [0.2, 0.25) is 11.0 Å². The highest BCUT2D eigenvalue weighted by Crippen LogP contribution is 2.17. The zero-order chi connectivity index (χ0) is 12.2. The van der Waals surface area contributed by atoms with Crippen molar-refractivity contribution in [1.29, 1.82) is 0 Å². The van der Waals surface area contributed by atoms with E-state index in [1.54, 1.807) is 13.8 Å². The number of nitrogens with two attached hydrogens (primary N) is 1. The second-order valence-electron chi connectivity index (χ2n) is 4.28. The molecule has 1 aromatic heterocycles. The molecule has 5 nitrogen and oxygen atoms in total. The van der Waals surface area contributed by atoms with Crippen molar-refractivity contribution >= 4 is 34.8 Å². The third kappa shape index (κ3) is 5.43. The Bertz CT molecular complexity index is 361. The Balaban J connectivity index is 0.00000256. The number of unbranched alkanes of at least 4 members (excludes halogenated alkanes) is 1. The number of amides is 1. The van der Waals surface area contributed by atoms with Crippen molar-refractivity contribution < 1.29 is 4.79 Å². The van der Waals surface area contributed by atoms with Crippen LogP contribution in [0.3, 0.4) is 0 Å². The maximum atomic E-state index is 11.6. The van der Waals surface area contributed by atoms with Crippen molar-refractivity contribution in [2.45, 2.75) is 45.6 Å². The predicted octanol–water partition coefficient (Wildman–Crippen LogP) is 1.98. The maximum Gasteiger partial charge on any atom is 0.245 e. The van der Waals surface area contributed by atoms with Gasteiger partial charge in [-0.25, -0.2) is 0 Å². The van der Waals surface area contributed by atoms with Crippen LogP contribution in [-0.4, -0.2) is 21.6 Å². The first-order chi connectivity index (χ1) is 7.43. The van der Waals surface area contributed by atoms with Crippen LogP contribution < -0.4 is 11.1 Å². The molecule has 98 valence electrons. The summed E-state index contributed by atoms with van der Waals surface area (Å²) in [6, 6.07) is 0. The summed E-state index contributed by atoms with van der Waals surface area (Å²) in [7, 11) is 0. The molecule has 0 aromatic carbocycles. The van der Waals surface area contributed by atoms with Crippen LogP contribution in [-0.2, 0) is 11.2 Å². The Morgan fingerprint density at radius 1 is 1.47 bits per heavy atom. The highest BCUT2D eigenvalue weighted by Gasteiger charge is 2.22. The van der Waals surface area contributed by atoms with E-state index in [4.69, 9.17) is 5.73 Å². The number of nitrogens with zero attached hydrogens (tertiary/aromatic N) is 2. The summed E-state index contributed by atoms with van der Waals surface area (Å²) in [5, 5.41) is 12.0. The van der Waals surface area contributed by atoms with Crippen molar-refractivity contribution in [3.63, 3.8) is 0 Å². The van der Waals surface area contributed by atoms with Crippen LogP contribution in [0, 0.1) is 0 Å². The lowest BCUT2D eigenvalue weighted by Gasteiger charge is -2.15. The molecule has 0 spiro atoms. The average molecular weight is 279 g/mol. The standard InChI is InChI=1S/C10H18N4OS.ClH/c1-4-5-6-7-13-14-9(16-7)12-8(15)10(2,3)11;/h4-6,11H2,1-3H3,(H,12,14,15);1H. The largest absolute Gasteiger partial charge is 0.318 e. The van der Waals surface area contributed by atoms with Gasteiger partial charge in [-0.05, 0) is 20.3 Å². The maximum absolute atomic E-state index is 11.6. The quantitative estimate of drug-likeness (QED) is 0.863. The molecule has 0 fully saturated rings. The van der Waals surface area contributed by atoms with E-state index in [1.165, 1.54) is 11.3 Å². The van der Waals surface area contributed by atoms with Crippen LogP contribution in [0.25, 0.3) is 0 Å². The third-order valence-corrected chi connectivity index (χ3v) is 2.92. The number of aromatic nitrogens is 2. The minimum Gasteiger partial charge on any atom is -0.318 e. The van der Waals surface area contributed by atoms with Crippen LogP contribution in [0.15, 0.2) is 0 Å². The fourth-order valence-corrected chi connectivity index (χ4v) is 1.77. The summed E-state index contributed by atoms with van der Waals surface area (Å²) in [6.07, 6.45) is 3.12. The summed E-state index contributed by atoms with van der Waals surface area (Å²) in [4.78, 5) is 11.6. The van der Waals surface area contributed by atoms with Gasteiger partial charge in [0.1, 0.15) is 5.01 Å². The van der Waals surface area contributed by atoms with Gasteiger partial charge in [-0.15, -0.1) is 22.6 Å². The van der Waals surface area contributed by atoms with Crippen LogP contribution >= 0.6 is 23.7 Å². The number of hydrogen-bond acceptors (Lipinski definition) is 5. The number of carbonyl (C=O) groups is 1. The molecule has 0 aliphatic rings. The summed E-state index contributed by atoms with van der Waals surface area (Å²) in [5.74, 6) is -0.245. The Morgan fingerprint density at radius 3 is 2.65 bits per heavy atom. The predicted molar refractivity (Wildman–Crippen MR) is 72.7 cm³/mol. The molecule has 0 bridgehead atoms. The molecule has 7 heteroatoms. The zero-order valence-electron chi connectivity index (χ0n) is 10.3. The van der Waals surface area contributed by atoms with Crippen LogP contribution in [0.1, 0.15) is 38.6 Å². The number of rotatable bonds is 5. The lowest BCUT2D eigenvalue weighted by molar-refractivity contribution is -0.120. The highest BCUT2D eigenvalue weighted by molar-refractivity contribution is 7.15. The third-order valence-electron chi connectivity index (χ3n) is 2.02. The SMILES string of the molecule is CCCCc1nnc(NC(=O)C(C)(C)N)s1.Cl. The van der Waals surface area contributed by atoms with Gasteiger partial charge in [0.25, 0.3) is 0 Å². The van der Waals surface area contributed by atoms with Gasteiger partial charge in [-0.1, -0.05) is 24.7 Å². The molecule has 0 saturated heterocycles. The van der Waals surface area contributed by atoms with Gasteiger partial charge in [0.05, 0.1) is 5.54 Å². The Kier molecular flexibility index (Phi) is 6.59. The monoisotopic (exact) mass is 278 g/mol. The Morgan fingerprint density at radius 2 is 2.12 bits per heavy atom. The first-order valence-corrected chi connectivity index (χ1v) is 6.18. The number of anilines is 1. The second-order valence-corrected chi connectivity index (χ2v) is 5.34. The molecule has 0 atom stereocenters. The van der Waals surface area contributed by atoms with Crippen molar-refractivity contribution in [2.24, 2.45) is 5.73 Å². The molecule has 1 aromatic rings. The van der Waals surface area contributed by atoms with Gasteiger partial charge in [0.15, 0.2) is 0 Å². The molecule has 1 heterocycles. The molecule has 0 aliphatic heterocycles. The van der Waals surface area contributed by atoms with Crippen molar-refractivity contribution in [3.05, 3.63) is 5.01 Å². The molecular formula is C10H19ClN4OS. The van der Waals surface area contributed by atoms with Gasteiger partial charge < -0.3 is 5.73 Å². The molecular weight excluding hydrogens is 260 g/mol. The van der Waals surface area contributed by atoms with E-state index in [9.17, 15) is 4.79 Å². The molecule has 0 unspecified atom stereocenters. The minimum atomic E-state index is -0.894. The van der Waals surface area contributed by atoms with Crippen molar-refractivity contribution in [2.75, 3.05) is 5.32 Å². The number of nitrogens with one attached hydrogen (secondary N) is 1. The second kappa shape index (κ2) is 6.88. The molecule has 17 heavy (non-hydrogen) atoms. The summed E-state index contributed by atoms with van der Waals surface area (Å²) >= 11 is 1.41. The number of carbonyl (C=O) groups excluding carboxylic acids is 1. The van der Waals surface area contributed by atoms with E-state index in [2.05, 4.69) is 22.4 Å². The van der Waals surface area contributed by atoms with Crippen LogP contribution in [0.4, 0.5) is 5.13 Å². The highest BCUT2D eigenvalue weighted by atomic mass is 35.5. The van der Waals surface area contributed by atoms with E-state index in [0.29, 0.717) is 5.13 Å². The van der Waals surface area contributed by atoms with Gasteiger partial charge in [-0.2, -0.15) is 0 Å². The van der Waals surface area contributed by atoms with Crippen molar-refractivity contribution in [1.82, 2.24) is 10.2 Å². The Labute approximate surface area is 112 Å². The fourth-order valence-electron chi connectivity index (χ4n) is 0.991. The van der Waals surface area contributed by atoms with E-state index in [0.717, 1.165) is 24.3 Å². The van der Waals surface area contributed by atoms with Gasteiger partial charge in [-0.3, -0.25) is 10.1 Å². The van der Waals surface area contributed by atoms with E-state index in [-0.39, 0.29) is 18.3 Å². The molecule has 1 rings (SSSR count). The normalized spacial score (nSPS) is 10.8. The topological polar surface area (TPSA) is 80.9 Å². The number of hydrogen-bond donors (Lipinski definition) is 2. The number of halogens is 1.